The van der Waals surface area contributed by atoms with Gasteiger partial charge in [0.05, 0.1) is 18.1 Å². The van der Waals surface area contributed by atoms with Gasteiger partial charge in [0.2, 0.25) is 0 Å². The van der Waals surface area contributed by atoms with Crippen LogP contribution in [0.2, 0.25) is 5.02 Å². The molecule has 0 aromatic heterocycles. The van der Waals surface area contributed by atoms with Crippen molar-refractivity contribution in [3.05, 3.63) is 29.3 Å². The van der Waals surface area contributed by atoms with Crippen LogP contribution >= 0.6 is 11.6 Å². The Balaban J connectivity index is 1.64. The lowest BCUT2D eigenvalue weighted by molar-refractivity contribution is 0.233. The van der Waals surface area contributed by atoms with Crippen LogP contribution in [0.25, 0.3) is 0 Å². The first kappa shape index (κ1) is 15.9. The molecule has 0 radical (unpaired) electrons. The fraction of sp³-hybridized carbons (Fsp3) is 0.462. The Hall–Kier alpha value is -1.47. The highest BCUT2D eigenvalue weighted by atomic mass is 35.5. The zero-order chi connectivity index (χ0) is 15.3. The van der Waals surface area contributed by atoms with Gasteiger partial charge in [-0.25, -0.2) is 13.2 Å². The van der Waals surface area contributed by atoms with E-state index in [9.17, 15) is 13.2 Å². The molecular formula is C13H17ClN2O4S. The van der Waals surface area contributed by atoms with Crippen molar-refractivity contribution in [1.29, 1.82) is 0 Å². The molecule has 116 valence electrons. The van der Waals surface area contributed by atoms with Gasteiger partial charge in [0.15, 0.2) is 9.84 Å². The average molecular weight is 333 g/mol. The van der Waals surface area contributed by atoms with Crippen molar-refractivity contribution in [1.82, 2.24) is 10.6 Å². The maximum Gasteiger partial charge on any atom is 0.315 e. The van der Waals surface area contributed by atoms with E-state index in [1.807, 2.05) is 0 Å². The Kier molecular flexibility index (Phi) is 5.30. The molecule has 2 amide bonds. The number of ether oxygens (including phenoxy) is 1. The van der Waals surface area contributed by atoms with Gasteiger partial charge in [-0.1, -0.05) is 17.7 Å². The summed E-state index contributed by atoms with van der Waals surface area (Å²) in [5.41, 5.74) is 0. The van der Waals surface area contributed by atoms with Gasteiger partial charge < -0.3 is 15.4 Å². The molecular weight excluding hydrogens is 316 g/mol. The van der Waals surface area contributed by atoms with Gasteiger partial charge >= 0.3 is 6.03 Å². The van der Waals surface area contributed by atoms with Crippen LogP contribution in [0.4, 0.5) is 4.79 Å². The van der Waals surface area contributed by atoms with Gasteiger partial charge in [0, 0.05) is 11.1 Å². The quantitative estimate of drug-likeness (QED) is 0.794. The first-order valence-corrected chi connectivity index (χ1v) is 8.78. The molecule has 0 bridgehead atoms. The molecule has 6 nitrogen and oxygen atoms in total. The number of hydrogen-bond donors (Lipinski definition) is 2. The van der Waals surface area contributed by atoms with Crippen LogP contribution < -0.4 is 15.4 Å². The van der Waals surface area contributed by atoms with Gasteiger partial charge in [-0.05, 0) is 24.6 Å². The normalized spacial score (nSPS) is 20.0. The number of urea groups is 1. The minimum absolute atomic E-state index is 0.0133. The number of halogens is 1. The van der Waals surface area contributed by atoms with Gasteiger partial charge in [-0.3, -0.25) is 0 Å². The van der Waals surface area contributed by atoms with Crippen LogP contribution in [0, 0.1) is 0 Å². The summed E-state index contributed by atoms with van der Waals surface area (Å²) in [5, 5.41) is 5.84. The Morgan fingerprint density at radius 3 is 2.90 bits per heavy atom. The molecule has 0 unspecified atom stereocenters. The summed E-state index contributed by atoms with van der Waals surface area (Å²) in [5.74, 6) is 0.779. The third kappa shape index (κ3) is 5.43. The molecule has 1 atom stereocenters. The molecule has 1 aliphatic heterocycles. The largest absolute Gasteiger partial charge is 0.492 e. The summed E-state index contributed by atoms with van der Waals surface area (Å²) in [6.07, 6.45) is 0.467. The average Bonchev–Trinajstić information content (AvgIpc) is 2.74. The third-order valence-electron chi connectivity index (χ3n) is 3.02. The molecule has 2 N–H and O–H groups in total. The number of amides is 2. The number of rotatable bonds is 5. The molecule has 8 heteroatoms. The highest BCUT2D eigenvalue weighted by Crippen LogP contribution is 2.16. The molecule has 0 aliphatic carbocycles. The molecule has 1 fully saturated rings. The van der Waals surface area contributed by atoms with E-state index in [0.717, 1.165) is 0 Å². The lowest BCUT2D eigenvalue weighted by atomic mass is 10.3. The van der Waals surface area contributed by atoms with Crippen LogP contribution in [-0.4, -0.2) is 45.1 Å². The Bertz CT molecular complexity index is 606. The molecule has 0 spiro atoms. The van der Waals surface area contributed by atoms with Gasteiger partial charge in [0.1, 0.15) is 12.4 Å². The lowest BCUT2D eigenvalue weighted by Gasteiger charge is -2.12. The molecule has 1 aliphatic rings. The van der Waals surface area contributed by atoms with Crippen molar-refractivity contribution in [2.75, 3.05) is 24.7 Å². The highest BCUT2D eigenvalue weighted by molar-refractivity contribution is 7.91. The molecule has 0 saturated carbocycles. The minimum atomic E-state index is -2.99. The Morgan fingerprint density at radius 1 is 1.43 bits per heavy atom. The standard InChI is InChI=1S/C13H17ClN2O4S/c14-10-2-1-3-12(8-10)20-6-5-15-13(17)16-11-4-7-21(18,19)9-11/h1-3,8,11H,4-7,9H2,(H2,15,16,17)/t11-/m0/s1. The molecule has 1 saturated heterocycles. The van der Waals surface area contributed by atoms with Crippen molar-refractivity contribution >= 4 is 27.5 Å². The number of sulfone groups is 1. The predicted octanol–water partition coefficient (Wildman–Crippen LogP) is 1.21. The van der Waals surface area contributed by atoms with Crippen molar-refractivity contribution in [3.63, 3.8) is 0 Å². The lowest BCUT2D eigenvalue weighted by Crippen LogP contribution is -2.43. The predicted molar refractivity (Wildman–Crippen MR) is 80.5 cm³/mol. The summed E-state index contributed by atoms with van der Waals surface area (Å²) in [6, 6.07) is 6.30. The zero-order valence-corrected chi connectivity index (χ0v) is 12.9. The second kappa shape index (κ2) is 7.00. The Morgan fingerprint density at radius 2 is 2.24 bits per heavy atom. The Labute approximate surface area is 128 Å². The van der Waals surface area contributed by atoms with E-state index >= 15 is 0 Å². The van der Waals surface area contributed by atoms with E-state index < -0.39 is 9.84 Å². The third-order valence-corrected chi connectivity index (χ3v) is 5.02. The maximum atomic E-state index is 11.6. The van der Waals surface area contributed by atoms with Crippen LogP contribution in [0.15, 0.2) is 24.3 Å². The second-order valence-electron chi connectivity index (χ2n) is 4.81. The summed E-state index contributed by atoms with van der Waals surface area (Å²) < 4.78 is 27.9. The summed E-state index contributed by atoms with van der Waals surface area (Å²) in [6.45, 7) is 0.620. The summed E-state index contributed by atoms with van der Waals surface area (Å²) >= 11 is 5.82. The fourth-order valence-electron chi connectivity index (χ4n) is 2.04. The first-order valence-electron chi connectivity index (χ1n) is 6.58. The molecule has 1 heterocycles. The molecule has 2 rings (SSSR count). The van der Waals surface area contributed by atoms with E-state index in [-0.39, 0.29) is 23.6 Å². The van der Waals surface area contributed by atoms with Crippen molar-refractivity contribution in [2.45, 2.75) is 12.5 Å². The number of hydrogen-bond acceptors (Lipinski definition) is 4. The fourth-order valence-corrected chi connectivity index (χ4v) is 3.89. The minimum Gasteiger partial charge on any atom is -0.492 e. The van der Waals surface area contributed by atoms with Gasteiger partial charge in [-0.2, -0.15) is 0 Å². The van der Waals surface area contributed by atoms with Gasteiger partial charge in [0.25, 0.3) is 0 Å². The topological polar surface area (TPSA) is 84.5 Å². The van der Waals surface area contributed by atoms with E-state index in [1.165, 1.54) is 0 Å². The molecule has 1 aromatic carbocycles. The SMILES string of the molecule is O=C(NCCOc1cccc(Cl)c1)N[C@H]1CCS(=O)(=O)C1. The number of carbonyl (C=O) groups is 1. The number of benzene rings is 1. The zero-order valence-electron chi connectivity index (χ0n) is 11.3. The summed E-state index contributed by atoms with van der Waals surface area (Å²) in [7, 11) is -2.99. The number of carbonyl (C=O) groups excluding carboxylic acids is 1. The smallest absolute Gasteiger partial charge is 0.315 e. The van der Waals surface area contributed by atoms with E-state index in [2.05, 4.69) is 10.6 Å². The van der Waals surface area contributed by atoms with E-state index in [0.29, 0.717) is 30.3 Å². The molecule has 21 heavy (non-hydrogen) atoms. The number of nitrogens with one attached hydrogen (secondary N) is 2. The monoisotopic (exact) mass is 332 g/mol. The summed E-state index contributed by atoms with van der Waals surface area (Å²) in [4.78, 5) is 11.6. The van der Waals surface area contributed by atoms with Crippen LogP contribution in [0.5, 0.6) is 5.75 Å². The van der Waals surface area contributed by atoms with E-state index in [4.69, 9.17) is 16.3 Å². The molecule has 1 aromatic rings. The van der Waals surface area contributed by atoms with Gasteiger partial charge in [-0.15, -0.1) is 0 Å². The maximum absolute atomic E-state index is 11.6. The van der Waals surface area contributed by atoms with Crippen LogP contribution in [0.1, 0.15) is 6.42 Å². The second-order valence-corrected chi connectivity index (χ2v) is 7.47. The van der Waals surface area contributed by atoms with Crippen molar-refractivity contribution in [3.8, 4) is 5.75 Å². The van der Waals surface area contributed by atoms with Crippen LogP contribution in [-0.2, 0) is 9.84 Å². The highest BCUT2D eigenvalue weighted by Gasteiger charge is 2.28. The van der Waals surface area contributed by atoms with E-state index in [1.54, 1.807) is 24.3 Å². The first-order chi connectivity index (χ1) is 9.94. The van der Waals surface area contributed by atoms with Crippen molar-refractivity contribution in [2.24, 2.45) is 0 Å². The van der Waals surface area contributed by atoms with Crippen LogP contribution in [0.3, 0.4) is 0 Å². The van der Waals surface area contributed by atoms with Crippen molar-refractivity contribution < 1.29 is 17.9 Å².